The van der Waals surface area contributed by atoms with E-state index in [2.05, 4.69) is 31.0 Å². The largest absolute Gasteiger partial charge is 0.309 e. The van der Waals surface area contributed by atoms with Crippen molar-refractivity contribution >= 4 is 0 Å². The van der Waals surface area contributed by atoms with Crippen LogP contribution in [0.2, 0.25) is 0 Å². The molecule has 1 aliphatic heterocycles. The highest BCUT2D eigenvalue weighted by molar-refractivity contribution is 4.95. The molecule has 2 rings (SSSR count). The van der Waals surface area contributed by atoms with E-state index in [-0.39, 0.29) is 0 Å². The van der Waals surface area contributed by atoms with Gasteiger partial charge in [-0.2, -0.15) is 0 Å². The lowest BCUT2D eigenvalue weighted by Crippen LogP contribution is -2.62. The molecule has 94 valence electrons. The number of rotatable bonds is 4. The van der Waals surface area contributed by atoms with Gasteiger partial charge in [0.1, 0.15) is 0 Å². The van der Waals surface area contributed by atoms with Gasteiger partial charge in [-0.3, -0.25) is 4.90 Å². The van der Waals surface area contributed by atoms with E-state index >= 15 is 0 Å². The molecular weight excluding hydrogens is 196 g/mol. The van der Waals surface area contributed by atoms with Crippen LogP contribution in [0.25, 0.3) is 0 Å². The predicted octanol–water partition coefficient (Wildman–Crippen LogP) is 2.64. The minimum Gasteiger partial charge on any atom is -0.309 e. The van der Waals surface area contributed by atoms with Crippen LogP contribution >= 0.6 is 0 Å². The first-order valence-corrected chi connectivity index (χ1v) is 7.20. The van der Waals surface area contributed by atoms with Crippen LogP contribution in [0, 0.1) is 5.92 Å². The van der Waals surface area contributed by atoms with Crippen molar-refractivity contribution in [2.45, 2.75) is 64.5 Å². The van der Waals surface area contributed by atoms with E-state index in [4.69, 9.17) is 0 Å². The lowest BCUT2D eigenvalue weighted by Gasteiger charge is -2.48. The van der Waals surface area contributed by atoms with Gasteiger partial charge in [0.05, 0.1) is 0 Å². The minimum atomic E-state index is 0.399. The highest BCUT2D eigenvalue weighted by Crippen LogP contribution is 2.33. The van der Waals surface area contributed by atoms with E-state index in [9.17, 15) is 0 Å². The maximum atomic E-state index is 3.75. The van der Waals surface area contributed by atoms with E-state index in [1.807, 2.05) is 0 Å². The van der Waals surface area contributed by atoms with Crippen molar-refractivity contribution < 1.29 is 0 Å². The molecule has 1 saturated carbocycles. The molecule has 0 radical (unpaired) electrons. The molecular formula is C14H28N2. The van der Waals surface area contributed by atoms with Crippen LogP contribution in [0.1, 0.15) is 52.9 Å². The predicted molar refractivity (Wildman–Crippen MR) is 69.7 cm³/mol. The molecule has 0 spiro atoms. The van der Waals surface area contributed by atoms with Crippen LogP contribution in [-0.2, 0) is 0 Å². The summed E-state index contributed by atoms with van der Waals surface area (Å²) >= 11 is 0. The summed E-state index contributed by atoms with van der Waals surface area (Å²) in [5, 5.41) is 3.75. The second-order valence-electron chi connectivity index (χ2n) is 5.82. The van der Waals surface area contributed by atoms with E-state index in [1.165, 1.54) is 51.7 Å². The fourth-order valence-electron chi connectivity index (χ4n) is 3.28. The first kappa shape index (κ1) is 12.4. The number of hydrogen-bond acceptors (Lipinski definition) is 2. The fourth-order valence-corrected chi connectivity index (χ4v) is 3.28. The van der Waals surface area contributed by atoms with Gasteiger partial charge in [0, 0.05) is 31.2 Å². The van der Waals surface area contributed by atoms with Gasteiger partial charge in [0.25, 0.3) is 0 Å². The van der Waals surface area contributed by atoms with Crippen molar-refractivity contribution in [3.05, 3.63) is 0 Å². The van der Waals surface area contributed by atoms with Crippen LogP contribution in [0.15, 0.2) is 0 Å². The summed E-state index contributed by atoms with van der Waals surface area (Å²) < 4.78 is 0. The molecule has 2 nitrogen and oxygen atoms in total. The average Bonchev–Trinajstić information content (AvgIpc) is 2.27. The van der Waals surface area contributed by atoms with Crippen molar-refractivity contribution in [3.63, 3.8) is 0 Å². The quantitative estimate of drug-likeness (QED) is 0.790. The maximum Gasteiger partial charge on any atom is 0.0304 e. The molecule has 0 bridgehead atoms. The summed E-state index contributed by atoms with van der Waals surface area (Å²) in [5.41, 5.74) is 0.399. The van der Waals surface area contributed by atoms with Gasteiger partial charge in [-0.1, -0.05) is 20.3 Å². The Morgan fingerprint density at radius 3 is 2.50 bits per heavy atom. The Hall–Kier alpha value is -0.0800. The summed E-state index contributed by atoms with van der Waals surface area (Å²) in [6.45, 7) is 10.8. The van der Waals surface area contributed by atoms with E-state index < -0.39 is 0 Å². The summed E-state index contributed by atoms with van der Waals surface area (Å²) in [7, 11) is 0. The number of nitrogens with one attached hydrogen (secondary N) is 1. The molecule has 1 N–H and O–H groups in total. The van der Waals surface area contributed by atoms with Crippen molar-refractivity contribution in [2.75, 3.05) is 19.6 Å². The van der Waals surface area contributed by atoms with Gasteiger partial charge < -0.3 is 5.32 Å². The van der Waals surface area contributed by atoms with Crippen LogP contribution in [0.5, 0.6) is 0 Å². The minimum absolute atomic E-state index is 0.399. The highest BCUT2D eigenvalue weighted by atomic mass is 15.2. The lowest BCUT2D eigenvalue weighted by molar-refractivity contribution is 0.0458. The second-order valence-corrected chi connectivity index (χ2v) is 5.82. The van der Waals surface area contributed by atoms with Gasteiger partial charge in [0.2, 0.25) is 0 Å². The van der Waals surface area contributed by atoms with Crippen molar-refractivity contribution in [1.29, 1.82) is 0 Å². The average molecular weight is 224 g/mol. The second kappa shape index (κ2) is 5.05. The Morgan fingerprint density at radius 1 is 1.31 bits per heavy atom. The van der Waals surface area contributed by atoms with Crippen molar-refractivity contribution in [2.24, 2.45) is 5.92 Å². The number of hydrogen-bond donors (Lipinski definition) is 1. The monoisotopic (exact) mass is 224 g/mol. The Labute approximate surface area is 101 Å². The molecule has 2 aliphatic rings. The van der Waals surface area contributed by atoms with Crippen LogP contribution in [0.3, 0.4) is 0 Å². The van der Waals surface area contributed by atoms with E-state index in [1.54, 1.807) is 0 Å². The molecule has 0 aromatic rings. The lowest BCUT2D eigenvalue weighted by atomic mass is 9.78. The molecule has 16 heavy (non-hydrogen) atoms. The molecule has 2 fully saturated rings. The van der Waals surface area contributed by atoms with Gasteiger partial charge in [-0.05, 0) is 38.5 Å². The Balaban J connectivity index is 1.94. The zero-order valence-corrected chi connectivity index (χ0v) is 11.3. The third-order valence-electron chi connectivity index (χ3n) is 5.17. The topological polar surface area (TPSA) is 15.3 Å². The molecule has 0 aromatic heterocycles. The zero-order valence-electron chi connectivity index (χ0n) is 11.3. The Kier molecular flexibility index (Phi) is 3.91. The molecule has 1 atom stereocenters. The number of nitrogens with zero attached hydrogens (tertiary/aromatic N) is 1. The van der Waals surface area contributed by atoms with E-state index in [0.717, 1.165) is 12.0 Å². The fraction of sp³-hybridized carbons (Fsp3) is 1.00. The molecule has 1 saturated heterocycles. The SMILES string of the molecule is CCC1(CC)CN(C(C)C2CCC2)CCN1. The summed E-state index contributed by atoms with van der Waals surface area (Å²) in [4.78, 5) is 2.74. The smallest absolute Gasteiger partial charge is 0.0304 e. The third-order valence-corrected chi connectivity index (χ3v) is 5.17. The molecule has 1 heterocycles. The maximum absolute atomic E-state index is 3.75. The Bertz CT molecular complexity index is 219. The van der Waals surface area contributed by atoms with Crippen LogP contribution < -0.4 is 5.32 Å². The third kappa shape index (κ3) is 2.28. The van der Waals surface area contributed by atoms with Crippen LogP contribution in [-0.4, -0.2) is 36.1 Å². The normalized spacial score (nSPS) is 28.7. The van der Waals surface area contributed by atoms with Crippen LogP contribution in [0.4, 0.5) is 0 Å². The first-order chi connectivity index (χ1) is 7.71. The zero-order chi connectivity index (χ0) is 11.6. The van der Waals surface area contributed by atoms with Crippen molar-refractivity contribution in [1.82, 2.24) is 10.2 Å². The molecule has 0 amide bonds. The first-order valence-electron chi connectivity index (χ1n) is 7.20. The van der Waals surface area contributed by atoms with Gasteiger partial charge >= 0.3 is 0 Å². The highest BCUT2D eigenvalue weighted by Gasteiger charge is 2.36. The summed E-state index contributed by atoms with van der Waals surface area (Å²) in [5.74, 6) is 0.990. The standard InChI is InChI=1S/C14H28N2/c1-4-14(5-2)11-16(10-9-15-14)12(3)13-7-6-8-13/h12-13,15H,4-11H2,1-3H3. The van der Waals surface area contributed by atoms with Gasteiger partial charge in [-0.15, -0.1) is 0 Å². The number of piperazine rings is 1. The van der Waals surface area contributed by atoms with Gasteiger partial charge in [-0.25, -0.2) is 0 Å². The molecule has 1 unspecified atom stereocenters. The summed E-state index contributed by atoms with van der Waals surface area (Å²) in [6, 6.07) is 0.813. The Morgan fingerprint density at radius 2 is 2.00 bits per heavy atom. The molecule has 1 aliphatic carbocycles. The van der Waals surface area contributed by atoms with Crippen molar-refractivity contribution in [3.8, 4) is 0 Å². The summed E-state index contributed by atoms with van der Waals surface area (Å²) in [6.07, 6.45) is 6.93. The molecule has 0 aromatic carbocycles. The van der Waals surface area contributed by atoms with Gasteiger partial charge in [0.15, 0.2) is 0 Å². The van der Waals surface area contributed by atoms with E-state index in [0.29, 0.717) is 5.54 Å². The molecule has 2 heteroatoms.